The van der Waals surface area contributed by atoms with E-state index >= 15 is 4.39 Å². The van der Waals surface area contributed by atoms with Crippen molar-refractivity contribution in [2.75, 3.05) is 16.0 Å². The number of nitrogens with zero attached hydrogens (tertiary/aromatic N) is 1. The highest BCUT2D eigenvalue weighted by molar-refractivity contribution is 7.95. The molecule has 1 atom stereocenters. The van der Waals surface area contributed by atoms with Gasteiger partial charge in [0, 0.05) is 22.3 Å². The van der Waals surface area contributed by atoms with E-state index in [2.05, 4.69) is 5.32 Å². The van der Waals surface area contributed by atoms with Crippen LogP contribution in [0.15, 0.2) is 95.5 Å². The molecule has 2 N–H and O–H groups in total. The van der Waals surface area contributed by atoms with Crippen molar-refractivity contribution in [3.63, 3.8) is 0 Å². The maximum atomic E-state index is 16.3. The predicted molar refractivity (Wildman–Crippen MR) is 173 cm³/mol. The molecule has 0 saturated heterocycles. The zero-order chi connectivity index (χ0) is 32.8. The van der Waals surface area contributed by atoms with E-state index in [0.717, 1.165) is 17.7 Å². The van der Waals surface area contributed by atoms with Crippen molar-refractivity contribution in [2.45, 2.75) is 39.3 Å². The maximum Gasteiger partial charge on any atom is 0.232 e. The minimum Gasteiger partial charge on any atom is -0.506 e. The van der Waals surface area contributed by atoms with Crippen LogP contribution in [0.5, 0.6) is 11.5 Å². The highest BCUT2D eigenvalue weighted by Crippen LogP contribution is 2.51. The quantitative estimate of drug-likeness (QED) is 0.205. The molecule has 0 bridgehead atoms. The van der Waals surface area contributed by atoms with Crippen LogP contribution in [0.3, 0.4) is 0 Å². The fourth-order valence-corrected chi connectivity index (χ4v) is 8.73. The number of benzene rings is 4. The number of sulfone groups is 1. The lowest BCUT2D eigenvalue weighted by Crippen LogP contribution is -2.42. The highest BCUT2D eigenvalue weighted by Gasteiger charge is 2.47. The number of anilines is 2. The molecule has 4 aromatic rings. The third-order valence-electron chi connectivity index (χ3n) is 8.07. The molecule has 4 aromatic carbocycles. The van der Waals surface area contributed by atoms with E-state index in [0.29, 0.717) is 0 Å². The Bertz CT molecular complexity index is 1980. The minimum atomic E-state index is -4.10. The van der Waals surface area contributed by atoms with Crippen LogP contribution in [0.4, 0.5) is 20.2 Å². The Labute approximate surface area is 271 Å². The summed E-state index contributed by atoms with van der Waals surface area (Å²) in [5.74, 6) is -2.28. The summed E-state index contributed by atoms with van der Waals surface area (Å²) in [6.45, 7) is 3.79. The molecule has 11 heteroatoms. The molecule has 2 aliphatic rings. The molecule has 238 valence electrons. The van der Waals surface area contributed by atoms with Gasteiger partial charge in [-0.3, -0.25) is 9.69 Å². The average Bonchev–Trinajstić information content (AvgIpc) is 3.13. The highest BCUT2D eigenvalue weighted by atomic mass is 35.5. The number of nitrogens with one attached hydrogen (secondary N) is 1. The number of rotatable bonds is 6. The second-order valence-corrected chi connectivity index (χ2v) is 14.6. The number of hydrogen-bond donors (Lipinski definition) is 2. The van der Waals surface area contributed by atoms with Gasteiger partial charge >= 0.3 is 0 Å². The van der Waals surface area contributed by atoms with E-state index < -0.39 is 38.8 Å². The molecule has 0 radical (unpaired) electrons. The molecule has 0 saturated carbocycles. The molecule has 0 aliphatic carbocycles. The smallest absolute Gasteiger partial charge is 0.232 e. The lowest BCUT2D eigenvalue weighted by atomic mass is 9.88. The van der Waals surface area contributed by atoms with Crippen molar-refractivity contribution < 1.29 is 31.8 Å². The topological polar surface area (TPSA) is 95.9 Å². The number of ether oxygens (including phenoxy) is 1. The Morgan fingerprint density at radius 2 is 1.80 bits per heavy atom. The molecule has 1 unspecified atom stereocenters. The number of allylic oxidation sites excluding steroid dienone is 1. The Balaban J connectivity index is 1.53. The van der Waals surface area contributed by atoms with Crippen LogP contribution < -0.4 is 15.0 Å². The van der Waals surface area contributed by atoms with Gasteiger partial charge in [-0.2, -0.15) is 0 Å². The first kappa shape index (κ1) is 31.6. The van der Waals surface area contributed by atoms with Gasteiger partial charge in [0.15, 0.2) is 9.84 Å². The Kier molecular flexibility index (Phi) is 8.29. The van der Waals surface area contributed by atoms with Crippen molar-refractivity contribution in [1.29, 1.82) is 0 Å². The summed E-state index contributed by atoms with van der Waals surface area (Å²) in [4.78, 5) is 15.4. The van der Waals surface area contributed by atoms with E-state index in [-0.39, 0.29) is 74.8 Å². The number of para-hydroxylation sites is 1. The van der Waals surface area contributed by atoms with E-state index in [1.165, 1.54) is 41.3 Å². The van der Waals surface area contributed by atoms with Crippen molar-refractivity contribution in [3.8, 4) is 11.5 Å². The SMILES string of the molecule is CC1(C)CC2=C(C(c3ccc(OCc4ccccc4)cc3F)N(C(=O)Cc3ccc(F)cc3Cl)c3cccc(O)c3N2)S(=O)(=O)C1. The van der Waals surface area contributed by atoms with Crippen LogP contribution in [-0.4, -0.2) is 25.2 Å². The number of phenols is 1. The Hall–Kier alpha value is -4.41. The number of carbonyl (C=O) groups is 1. The molecule has 46 heavy (non-hydrogen) atoms. The second-order valence-electron chi connectivity index (χ2n) is 12.3. The molecule has 0 aromatic heterocycles. The molecule has 1 amide bonds. The molecular weight excluding hydrogens is 634 g/mol. The van der Waals surface area contributed by atoms with Crippen LogP contribution in [0.2, 0.25) is 5.02 Å². The molecule has 0 fully saturated rings. The fraction of sp³-hybridized carbons (Fsp3) is 0.229. The molecule has 7 nitrogen and oxygen atoms in total. The van der Waals surface area contributed by atoms with Crippen LogP contribution in [0.1, 0.15) is 43.0 Å². The molecule has 2 heterocycles. The van der Waals surface area contributed by atoms with Gasteiger partial charge in [0.2, 0.25) is 5.91 Å². The van der Waals surface area contributed by atoms with Crippen LogP contribution in [0.25, 0.3) is 0 Å². The summed E-state index contributed by atoms with van der Waals surface area (Å²) in [7, 11) is -4.10. The summed E-state index contributed by atoms with van der Waals surface area (Å²) in [6, 6.07) is 20.1. The normalized spacial score (nSPS) is 18.2. The summed E-state index contributed by atoms with van der Waals surface area (Å²) in [5, 5.41) is 14.1. The monoisotopic (exact) mass is 664 g/mol. The van der Waals surface area contributed by atoms with E-state index in [1.54, 1.807) is 19.9 Å². The number of fused-ring (bicyclic) bond motifs is 1. The lowest BCUT2D eigenvalue weighted by Gasteiger charge is -2.37. The van der Waals surface area contributed by atoms with E-state index in [9.17, 15) is 22.7 Å². The van der Waals surface area contributed by atoms with Crippen molar-refractivity contribution in [1.82, 2.24) is 0 Å². The second kappa shape index (κ2) is 12.1. The third-order valence-corrected chi connectivity index (χ3v) is 10.7. The van der Waals surface area contributed by atoms with Crippen molar-refractivity contribution in [3.05, 3.63) is 129 Å². The zero-order valence-corrected chi connectivity index (χ0v) is 26.6. The fourth-order valence-electron chi connectivity index (χ4n) is 6.13. The van der Waals surface area contributed by atoms with Gasteiger partial charge in [0.05, 0.1) is 22.8 Å². The first-order valence-electron chi connectivity index (χ1n) is 14.6. The number of amides is 1. The van der Waals surface area contributed by atoms with Crippen LogP contribution in [0, 0.1) is 17.0 Å². The largest absolute Gasteiger partial charge is 0.506 e. The third kappa shape index (κ3) is 6.19. The van der Waals surface area contributed by atoms with Gasteiger partial charge in [-0.25, -0.2) is 17.2 Å². The van der Waals surface area contributed by atoms with E-state index in [1.807, 2.05) is 30.3 Å². The van der Waals surface area contributed by atoms with Gasteiger partial charge in [0.1, 0.15) is 41.5 Å². The number of carbonyl (C=O) groups excluding carboxylic acids is 1. The standard InChI is InChI=1S/C35H31ClF2N2O5S/c1-35(2)18-28-34(46(43,44)20-35)33(25-14-13-24(17-27(25)38)45-19-21-7-4-3-5-8-21)40(29-9-6-10-30(41)32(29)39-28)31(42)15-22-11-12-23(37)16-26(22)36/h3-14,16-17,33,39,41H,15,18-20H2,1-2H3. The van der Waals surface area contributed by atoms with E-state index in [4.69, 9.17) is 16.3 Å². The summed E-state index contributed by atoms with van der Waals surface area (Å²) in [5.41, 5.74) is 0.876. The van der Waals surface area contributed by atoms with Gasteiger partial charge in [-0.05, 0) is 59.4 Å². The van der Waals surface area contributed by atoms with Crippen LogP contribution >= 0.6 is 11.6 Å². The van der Waals surface area contributed by atoms with Gasteiger partial charge in [-0.1, -0.05) is 67.9 Å². The number of hydrogen-bond acceptors (Lipinski definition) is 6. The summed E-state index contributed by atoms with van der Waals surface area (Å²) in [6.07, 6.45) is -0.115. The minimum absolute atomic E-state index is 0.00650. The predicted octanol–water partition coefficient (Wildman–Crippen LogP) is 7.70. The summed E-state index contributed by atoms with van der Waals surface area (Å²) >= 11 is 6.29. The Morgan fingerprint density at radius 3 is 2.52 bits per heavy atom. The number of halogens is 3. The first-order valence-corrected chi connectivity index (χ1v) is 16.6. The number of aromatic hydroxyl groups is 1. The Morgan fingerprint density at radius 1 is 1.04 bits per heavy atom. The average molecular weight is 665 g/mol. The van der Waals surface area contributed by atoms with Crippen molar-refractivity contribution >= 4 is 38.7 Å². The summed E-state index contributed by atoms with van der Waals surface area (Å²) < 4.78 is 64.3. The first-order chi connectivity index (χ1) is 21.8. The van der Waals surface area contributed by atoms with Crippen LogP contribution in [-0.2, 0) is 27.7 Å². The van der Waals surface area contributed by atoms with Gasteiger partial charge in [-0.15, -0.1) is 0 Å². The molecular formula is C35H31ClF2N2O5S. The van der Waals surface area contributed by atoms with Gasteiger partial charge < -0.3 is 15.2 Å². The maximum absolute atomic E-state index is 16.3. The number of phenolic OH excluding ortho intramolecular Hbond substituents is 1. The zero-order valence-electron chi connectivity index (χ0n) is 25.1. The molecule has 2 aliphatic heterocycles. The van der Waals surface area contributed by atoms with Gasteiger partial charge in [0.25, 0.3) is 0 Å². The van der Waals surface area contributed by atoms with Crippen molar-refractivity contribution in [2.24, 2.45) is 5.41 Å². The molecule has 0 spiro atoms. The lowest BCUT2D eigenvalue weighted by molar-refractivity contribution is -0.118. The molecule has 6 rings (SSSR count).